The molecule has 0 saturated heterocycles. The summed E-state index contributed by atoms with van der Waals surface area (Å²) in [5, 5.41) is 23.4. The molecule has 1 aromatic heterocycles. The van der Waals surface area contributed by atoms with Crippen molar-refractivity contribution in [3.8, 4) is 5.75 Å². The van der Waals surface area contributed by atoms with Crippen molar-refractivity contribution in [2.45, 2.75) is 38.1 Å². The van der Waals surface area contributed by atoms with Crippen LogP contribution >= 0.6 is 11.6 Å². The van der Waals surface area contributed by atoms with Crippen LogP contribution in [0.25, 0.3) is 16.5 Å². The topological polar surface area (TPSA) is 78.3 Å². The fourth-order valence-corrected chi connectivity index (χ4v) is 4.32. The number of fused-ring (bicyclic) bond motifs is 2. The summed E-state index contributed by atoms with van der Waals surface area (Å²) in [5.41, 5.74) is -4.06. The minimum atomic E-state index is -5.16. The number of phenolic OH excluding ortho intramolecular Hbond substituents is 1. The minimum Gasteiger partial charge on any atom is -0.504 e. The van der Waals surface area contributed by atoms with Crippen molar-refractivity contribution in [1.82, 2.24) is 9.97 Å². The van der Waals surface area contributed by atoms with Crippen LogP contribution in [-0.4, -0.2) is 32.0 Å². The average Bonchev–Trinajstić information content (AvgIpc) is 2.72. The van der Waals surface area contributed by atoms with Crippen LogP contribution < -0.4 is 5.32 Å². The van der Waals surface area contributed by atoms with E-state index in [0.29, 0.717) is 5.82 Å². The van der Waals surface area contributed by atoms with Gasteiger partial charge in [0.05, 0.1) is 16.6 Å². The molecule has 0 spiro atoms. The summed E-state index contributed by atoms with van der Waals surface area (Å²) in [6, 6.07) is 0.959. The molecule has 0 saturated carbocycles. The molecule has 174 valence electrons. The number of anilines is 1. The molecule has 1 aliphatic carbocycles. The van der Waals surface area contributed by atoms with E-state index in [0.717, 1.165) is 18.2 Å². The molecule has 2 unspecified atom stereocenters. The van der Waals surface area contributed by atoms with E-state index in [4.69, 9.17) is 11.6 Å². The second-order valence-corrected chi connectivity index (χ2v) is 8.19. The van der Waals surface area contributed by atoms with E-state index in [1.807, 2.05) is 0 Å². The number of halogens is 6. The lowest BCUT2D eigenvalue weighted by Crippen LogP contribution is -2.54. The van der Waals surface area contributed by atoms with Gasteiger partial charge in [0, 0.05) is 35.3 Å². The van der Waals surface area contributed by atoms with E-state index in [-0.39, 0.29) is 33.3 Å². The molecule has 0 radical (unpaired) electrons. The van der Waals surface area contributed by atoms with Crippen molar-refractivity contribution in [3.05, 3.63) is 64.1 Å². The lowest BCUT2D eigenvalue weighted by atomic mass is 9.72. The fraction of sp³-hybridized carbons (Fsp3) is 0.273. The van der Waals surface area contributed by atoms with Crippen LogP contribution in [0.1, 0.15) is 36.3 Å². The number of nitrogens with one attached hydrogen (secondary N) is 1. The largest absolute Gasteiger partial charge is 0.504 e. The number of benzene rings is 2. The highest BCUT2D eigenvalue weighted by Gasteiger charge is 2.62. The van der Waals surface area contributed by atoms with E-state index in [1.165, 1.54) is 19.2 Å². The molecule has 0 amide bonds. The van der Waals surface area contributed by atoms with Crippen molar-refractivity contribution in [3.63, 3.8) is 0 Å². The first-order valence-electron chi connectivity index (χ1n) is 9.72. The smallest absolute Gasteiger partial charge is 0.419 e. The van der Waals surface area contributed by atoms with Gasteiger partial charge in [0.1, 0.15) is 11.6 Å². The number of phenols is 1. The quantitative estimate of drug-likeness (QED) is 0.398. The molecule has 2 atom stereocenters. The SMILES string of the molecule is CC=C1CC(O)(C(F)(F)F)C(Nc2cc(F)cc3nc(C)ncc23)c2cc(Cl)c(F)c(O)c21. The summed E-state index contributed by atoms with van der Waals surface area (Å²) >= 11 is 5.83. The van der Waals surface area contributed by atoms with Crippen molar-refractivity contribution in [1.29, 1.82) is 0 Å². The number of aryl methyl sites for hydroxylation is 1. The number of alkyl halides is 3. The lowest BCUT2D eigenvalue weighted by molar-refractivity contribution is -0.265. The number of aliphatic hydroxyl groups is 1. The van der Waals surface area contributed by atoms with Crippen LogP contribution in [0.2, 0.25) is 5.02 Å². The Morgan fingerprint density at radius 2 is 1.94 bits per heavy atom. The first-order chi connectivity index (χ1) is 15.4. The Balaban J connectivity index is 2.01. The maximum absolute atomic E-state index is 14.3. The van der Waals surface area contributed by atoms with Crippen LogP contribution in [0.15, 0.2) is 30.5 Å². The summed E-state index contributed by atoms with van der Waals surface area (Å²) in [6.07, 6.45) is -3.60. The zero-order chi connectivity index (χ0) is 24.3. The number of aromatic nitrogens is 2. The van der Waals surface area contributed by atoms with E-state index < -0.39 is 46.6 Å². The van der Waals surface area contributed by atoms with Crippen molar-refractivity contribution in [2.24, 2.45) is 0 Å². The van der Waals surface area contributed by atoms with Crippen LogP contribution in [0, 0.1) is 18.6 Å². The van der Waals surface area contributed by atoms with Gasteiger partial charge in [0.15, 0.2) is 17.2 Å². The summed E-state index contributed by atoms with van der Waals surface area (Å²) in [4.78, 5) is 8.10. The van der Waals surface area contributed by atoms with Gasteiger partial charge in [-0.2, -0.15) is 13.2 Å². The molecule has 11 heteroatoms. The Morgan fingerprint density at radius 3 is 2.58 bits per heavy atom. The normalized spacial score (nSPS) is 22.0. The van der Waals surface area contributed by atoms with Crippen LogP contribution in [0.4, 0.5) is 27.6 Å². The summed E-state index contributed by atoms with van der Waals surface area (Å²) in [6.45, 7) is 2.96. The number of aromatic hydroxyl groups is 1. The van der Waals surface area contributed by atoms with Gasteiger partial charge in [-0.25, -0.2) is 18.7 Å². The second-order valence-electron chi connectivity index (χ2n) is 7.78. The van der Waals surface area contributed by atoms with Crippen LogP contribution in [-0.2, 0) is 0 Å². The maximum atomic E-state index is 14.3. The first kappa shape index (κ1) is 23.2. The van der Waals surface area contributed by atoms with Gasteiger partial charge in [0.25, 0.3) is 0 Å². The number of hydrogen-bond acceptors (Lipinski definition) is 5. The van der Waals surface area contributed by atoms with Gasteiger partial charge >= 0.3 is 6.18 Å². The molecule has 33 heavy (non-hydrogen) atoms. The Morgan fingerprint density at radius 1 is 1.24 bits per heavy atom. The molecule has 3 N–H and O–H groups in total. The van der Waals surface area contributed by atoms with Gasteiger partial charge in [-0.1, -0.05) is 17.7 Å². The Kier molecular flexibility index (Phi) is 5.49. The highest BCUT2D eigenvalue weighted by molar-refractivity contribution is 6.31. The van der Waals surface area contributed by atoms with E-state index >= 15 is 0 Å². The molecule has 2 aromatic carbocycles. The standard InChI is InChI=1S/C22H17ClF5N3O2/c1-3-10-7-21(33,22(26,27)28)20(12-6-14(23)18(25)19(32)17(10)12)31-16-5-11(24)4-15-13(16)8-29-9(2)30-15/h3-6,8,20,31-33H,7H2,1-2H3. The van der Waals surface area contributed by atoms with Crippen molar-refractivity contribution in [2.75, 3.05) is 5.32 Å². The molecule has 5 nitrogen and oxygen atoms in total. The lowest BCUT2D eigenvalue weighted by Gasteiger charge is -2.44. The molecular weight excluding hydrogens is 469 g/mol. The molecule has 0 fully saturated rings. The number of hydrogen-bond donors (Lipinski definition) is 3. The summed E-state index contributed by atoms with van der Waals surface area (Å²) in [5.74, 6) is -2.61. The first-order valence-corrected chi connectivity index (χ1v) is 10.1. The Labute approximate surface area is 189 Å². The van der Waals surface area contributed by atoms with Crippen molar-refractivity contribution >= 4 is 33.8 Å². The van der Waals surface area contributed by atoms with E-state index in [9.17, 15) is 32.2 Å². The highest BCUT2D eigenvalue weighted by Crippen LogP contribution is 2.55. The van der Waals surface area contributed by atoms with E-state index in [2.05, 4.69) is 15.3 Å². The predicted octanol–water partition coefficient (Wildman–Crippen LogP) is 5.83. The van der Waals surface area contributed by atoms with E-state index in [1.54, 1.807) is 6.92 Å². The molecular formula is C22H17ClF5N3O2. The highest BCUT2D eigenvalue weighted by atomic mass is 35.5. The minimum absolute atomic E-state index is 0.126. The molecule has 4 rings (SSSR count). The fourth-order valence-electron chi connectivity index (χ4n) is 4.11. The maximum Gasteiger partial charge on any atom is 0.419 e. The van der Waals surface area contributed by atoms with Gasteiger partial charge in [-0.15, -0.1) is 0 Å². The number of rotatable bonds is 2. The second kappa shape index (κ2) is 7.81. The van der Waals surface area contributed by atoms with Gasteiger partial charge in [0.2, 0.25) is 0 Å². The zero-order valence-corrected chi connectivity index (χ0v) is 18.0. The summed E-state index contributed by atoms with van der Waals surface area (Å²) < 4.78 is 71.3. The molecule has 0 bridgehead atoms. The van der Waals surface area contributed by atoms with Crippen LogP contribution in [0.3, 0.4) is 0 Å². The van der Waals surface area contributed by atoms with Crippen LogP contribution in [0.5, 0.6) is 5.75 Å². The van der Waals surface area contributed by atoms with Crippen molar-refractivity contribution < 1.29 is 32.2 Å². The average molecular weight is 486 g/mol. The third-order valence-corrected chi connectivity index (χ3v) is 5.99. The molecule has 3 aromatic rings. The molecule has 0 aliphatic heterocycles. The third kappa shape index (κ3) is 3.67. The number of nitrogens with zero attached hydrogens (tertiary/aromatic N) is 2. The Hall–Kier alpha value is -2.98. The summed E-state index contributed by atoms with van der Waals surface area (Å²) in [7, 11) is 0. The molecule has 1 aliphatic rings. The van der Waals surface area contributed by atoms with Gasteiger partial charge in [-0.05, 0) is 37.1 Å². The molecule has 1 heterocycles. The number of allylic oxidation sites excluding steroid dienone is 1. The zero-order valence-electron chi connectivity index (χ0n) is 17.2. The monoisotopic (exact) mass is 485 g/mol. The Bertz CT molecular complexity index is 1310. The van der Waals surface area contributed by atoms with Gasteiger partial charge in [-0.3, -0.25) is 0 Å². The third-order valence-electron chi connectivity index (χ3n) is 5.72. The van der Waals surface area contributed by atoms with Gasteiger partial charge < -0.3 is 15.5 Å². The predicted molar refractivity (Wildman–Crippen MR) is 113 cm³/mol.